The molecule has 106 valence electrons. The van der Waals surface area contributed by atoms with E-state index in [1.54, 1.807) is 24.3 Å². The van der Waals surface area contributed by atoms with Crippen molar-refractivity contribution < 1.29 is 27.8 Å². The van der Waals surface area contributed by atoms with Crippen LogP contribution in [-0.2, 0) is 16.0 Å². The van der Waals surface area contributed by atoms with Gasteiger partial charge in [-0.1, -0.05) is 34.1 Å². The van der Waals surface area contributed by atoms with Crippen molar-refractivity contribution in [1.29, 1.82) is 0 Å². The van der Waals surface area contributed by atoms with E-state index in [1.807, 2.05) is 0 Å². The van der Waals surface area contributed by atoms with E-state index in [2.05, 4.69) is 20.7 Å². The molecule has 0 fully saturated rings. The van der Waals surface area contributed by atoms with Crippen molar-refractivity contribution in [3.8, 4) is 0 Å². The van der Waals surface area contributed by atoms with Crippen molar-refractivity contribution in [1.82, 2.24) is 0 Å². The molecule has 0 aromatic heterocycles. The van der Waals surface area contributed by atoms with Crippen molar-refractivity contribution in [2.24, 2.45) is 5.92 Å². The predicted octanol–water partition coefficient (Wildman–Crippen LogP) is 3.62. The number of carboxylic acid groups (broad SMARTS) is 1. The Bertz CT molecular complexity index is 434. The van der Waals surface area contributed by atoms with E-state index in [4.69, 9.17) is 5.11 Å². The van der Waals surface area contributed by atoms with Gasteiger partial charge in [0.1, 0.15) is 0 Å². The number of rotatable bonds is 6. The highest BCUT2D eigenvalue weighted by molar-refractivity contribution is 9.10. The molecule has 1 atom stereocenters. The van der Waals surface area contributed by atoms with E-state index in [9.17, 15) is 18.0 Å². The van der Waals surface area contributed by atoms with Crippen molar-refractivity contribution >= 4 is 21.9 Å². The largest absolute Gasteiger partial charge is 0.522 e. The van der Waals surface area contributed by atoms with E-state index in [0.717, 1.165) is 10.0 Å². The molecule has 1 rings (SSSR count). The van der Waals surface area contributed by atoms with E-state index >= 15 is 0 Å². The third-order valence-corrected chi connectivity index (χ3v) is 3.28. The minimum Gasteiger partial charge on any atom is -0.481 e. The lowest BCUT2D eigenvalue weighted by molar-refractivity contribution is -0.325. The normalized spacial score (nSPS) is 13.3. The Morgan fingerprint density at radius 2 is 2.00 bits per heavy atom. The van der Waals surface area contributed by atoms with Crippen molar-refractivity contribution in [2.45, 2.75) is 19.2 Å². The smallest absolute Gasteiger partial charge is 0.481 e. The Labute approximate surface area is 116 Å². The predicted molar refractivity (Wildman–Crippen MR) is 65.6 cm³/mol. The van der Waals surface area contributed by atoms with Crippen LogP contribution in [0, 0.1) is 5.92 Å². The van der Waals surface area contributed by atoms with E-state index in [-0.39, 0.29) is 12.8 Å². The molecule has 0 heterocycles. The summed E-state index contributed by atoms with van der Waals surface area (Å²) in [6.45, 7) is -0.662. The van der Waals surface area contributed by atoms with Gasteiger partial charge in [0.15, 0.2) is 0 Å². The maximum Gasteiger partial charge on any atom is 0.522 e. The van der Waals surface area contributed by atoms with Crippen LogP contribution in [-0.4, -0.2) is 24.0 Å². The first kappa shape index (κ1) is 16.0. The van der Waals surface area contributed by atoms with Crippen molar-refractivity contribution in [3.05, 3.63) is 34.3 Å². The fourth-order valence-electron chi connectivity index (χ4n) is 1.56. The van der Waals surface area contributed by atoms with Crippen LogP contribution < -0.4 is 0 Å². The zero-order valence-electron chi connectivity index (χ0n) is 9.78. The molecule has 1 N–H and O–H groups in total. The van der Waals surface area contributed by atoms with Crippen LogP contribution in [0.1, 0.15) is 12.0 Å². The Morgan fingerprint density at radius 1 is 1.37 bits per heavy atom. The number of hydrogen-bond donors (Lipinski definition) is 1. The van der Waals surface area contributed by atoms with Gasteiger partial charge in [-0.15, -0.1) is 13.2 Å². The SMILES string of the molecule is O=C(O)C(CCOC(F)(F)F)Cc1ccccc1Br. The van der Waals surface area contributed by atoms with Crippen LogP contribution in [0.2, 0.25) is 0 Å². The van der Waals surface area contributed by atoms with Crippen LogP contribution in [0.5, 0.6) is 0 Å². The summed E-state index contributed by atoms with van der Waals surface area (Å²) in [6, 6.07) is 6.99. The fraction of sp³-hybridized carbons (Fsp3) is 0.417. The molecule has 0 amide bonds. The van der Waals surface area contributed by atoms with Crippen LogP contribution in [0.3, 0.4) is 0 Å². The van der Waals surface area contributed by atoms with Gasteiger partial charge in [0.2, 0.25) is 0 Å². The lowest BCUT2D eigenvalue weighted by atomic mass is 9.97. The molecule has 0 saturated heterocycles. The van der Waals surface area contributed by atoms with E-state index in [1.165, 1.54) is 0 Å². The second-order valence-electron chi connectivity index (χ2n) is 3.91. The average Bonchev–Trinajstić information content (AvgIpc) is 2.28. The van der Waals surface area contributed by atoms with Crippen molar-refractivity contribution in [3.63, 3.8) is 0 Å². The van der Waals surface area contributed by atoms with Gasteiger partial charge in [-0.05, 0) is 24.5 Å². The number of halogens is 4. The highest BCUT2D eigenvalue weighted by Crippen LogP contribution is 2.23. The molecule has 1 aromatic rings. The third kappa shape index (κ3) is 6.07. The Morgan fingerprint density at radius 3 is 2.53 bits per heavy atom. The monoisotopic (exact) mass is 340 g/mol. The fourth-order valence-corrected chi connectivity index (χ4v) is 2.01. The number of alkyl halides is 3. The molecule has 0 spiro atoms. The van der Waals surface area contributed by atoms with E-state index in [0.29, 0.717) is 0 Å². The second kappa shape index (κ2) is 6.91. The Hall–Kier alpha value is -1.08. The summed E-state index contributed by atoms with van der Waals surface area (Å²) in [7, 11) is 0. The first-order chi connectivity index (χ1) is 8.79. The summed E-state index contributed by atoms with van der Waals surface area (Å²) in [6.07, 6.45) is -4.77. The third-order valence-electron chi connectivity index (χ3n) is 2.51. The number of benzene rings is 1. The summed E-state index contributed by atoms with van der Waals surface area (Å²) in [5, 5.41) is 9.00. The number of hydrogen-bond acceptors (Lipinski definition) is 2. The highest BCUT2D eigenvalue weighted by Gasteiger charge is 2.30. The molecule has 0 radical (unpaired) electrons. The minimum atomic E-state index is -4.73. The zero-order valence-corrected chi connectivity index (χ0v) is 11.4. The molecular weight excluding hydrogens is 329 g/mol. The summed E-state index contributed by atoms with van der Waals surface area (Å²) < 4.78 is 39.8. The molecular formula is C12H12BrF3O3. The maximum absolute atomic E-state index is 11.8. The molecule has 0 aliphatic rings. The second-order valence-corrected chi connectivity index (χ2v) is 4.77. The van der Waals surface area contributed by atoms with Gasteiger partial charge in [0.25, 0.3) is 0 Å². The lowest BCUT2D eigenvalue weighted by Crippen LogP contribution is -2.22. The van der Waals surface area contributed by atoms with Crippen LogP contribution in [0.15, 0.2) is 28.7 Å². The summed E-state index contributed by atoms with van der Waals surface area (Å²) in [4.78, 5) is 11.0. The standard InChI is InChI=1S/C12H12BrF3O3/c13-10-4-2-1-3-8(10)7-9(11(17)18)5-6-19-12(14,15)16/h1-4,9H,5-7H2,(H,17,18). The van der Waals surface area contributed by atoms with Gasteiger partial charge in [-0.3, -0.25) is 9.53 Å². The quantitative estimate of drug-likeness (QED) is 0.860. The summed E-state index contributed by atoms with van der Waals surface area (Å²) >= 11 is 3.27. The molecule has 1 unspecified atom stereocenters. The Balaban J connectivity index is 2.59. The summed E-state index contributed by atoms with van der Waals surface area (Å²) in [5.74, 6) is -2.05. The van der Waals surface area contributed by atoms with E-state index < -0.39 is 24.9 Å². The highest BCUT2D eigenvalue weighted by atomic mass is 79.9. The van der Waals surface area contributed by atoms with Gasteiger partial charge in [-0.2, -0.15) is 0 Å². The molecule has 0 bridgehead atoms. The number of aliphatic carboxylic acids is 1. The molecule has 0 aliphatic heterocycles. The molecule has 0 saturated carbocycles. The first-order valence-electron chi connectivity index (χ1n) is 5.46. The number of carboxylic acids is 1. The maximum atomic E-state index is 11.8. The van der Waals surface area contributed by atoms with Gasteiger partial charge >= 0.3 is 12.3 Å². The van der Waals surface area contributed by atoms with Gasteiger partial charge in [0, 0.05) is 4.47 Å². The minimum absolute atomic E-state index is 0.151. The van der Waals surface area contributed by atoms with Crippen LogP contribution >= 0.6 is 15.9 Å². The molecule has 0 aliphatic carbocycles. The van der Waals surface area contributed by atoms with Crippen LogP contribution in [0.25, 0.3) is 0 Å². The van der Waals surface area contributed by atoms with Crippen molar-refractivity contribution in [2.75, 3.05) is 6.61 Å². The Kier molecular flexibility index (Phi) is 5.81. The first-order valence-corrected chi connectivity index (χ1v) is 6.26. The van der Waals surface area contributed by atoms with Gasteiger partial charge < -0.3 is 5.11 Å². The average molecular weight is 341 g/mol. The molecule has 7 heteroatoms. The summed E-state index contributed by atoms with van der Waals surface area (Å²) in [5.41, 5.74) is 0.738. The lowest BCUT2D eigenvalue weighted by Gasteiger charge is -2.14. The van der Waals surface area contributed by atoms with Crippen LogP contribution in [0.4, 0.5) is 13.2 Å². The molecule has 3 nitrogen and oxygen atoms in total. The van der Waals surface area contributed by atoms with Gasteiger partial charge in [0.05, 0.1) is 12.5 Å². The molecule has 1 aromatic carbocycles. The molecule has 19 heavy (non-hydrogen) atoms. The zero-order chi connectivity index (χ0) is 14.5. The topological polar surface area (TPSA) is 46.5 Å². The number of ether oxygens (including phenoxy) is 1. The van der Waals surface area contributed by atoms with Gasteiger partial charge in [-0.25, -0.2) is 0 Å². The number of carbonyl (C=O) groups is 1.